The molecule has 1 heterocycles. The van der Waals surface area contributed by atoms with E-state index in [-0.39, 0.29) is 12.0 Å². The minimum absolute atomic E-state index is 0.0449. The van der Waals surface area contributed by atoms with Crippen molar-refractivity contribution < 1.29 is 17.6 Å². The van der Waals surface area contributed by atoms with Crippen LogP contribution in [0.4, 0.5) is 17.6 Å². The van der Waals surface area contributed by atoms with Crippen molar-refractivity contribution in [1.82, 2.24) is 9.78 Å². The number of unbranched alkanes of at least 4 members (excludes halogenated alkanes) is 1. The molecule has 0 aliphatic heterocycles. The van der Waals surface area contributed by atoms with Gasteiger partial charge in [-0.2, -0.15) is 18.3 Å². The van der Waals surface area contributed by atoms with Crippen LogP contribution in [0.3, 0.4) is 0 Å². The normalized spacial score (nSPS) is 23.4. The van der Waals surface area contributed by atoms with Crippen LogP contribution in [0.25, 0.3) is 0 Å². The van der Waals surface area contributed by atoms with Crippen LogP contribution in [0, 0.1) is 0 Å². The number of hydrogen-bond acceptors (Lipinski definition) is 1. The van der Waals surface area contributed by atoms with E-state index in [1.807, 2.05) is 6.92 Å². The summed E-state index contributed by atoms with van der Waals surface area (Å²) in [6.07, 6.45) is -4.07. The molecule has 0 N–H and O–H groups in total. The molecule has 2 nitrogen and oxygen atoms in total. The van der Waals surface area contributed by atoms with Crippen molar-refractivity contribution >= 4 is 0 Å². The molecule has 1 aromatic heterocycles. The Balaban J connectivity index is 2.44. The number of rotatable bonds is 3. The van der Waals surface area contributed by atoms with Gasteiger partial charge in [0.2, 0.25) is 0 Å². The second-order valence-electron chi connectivity index (χ2n) is 4.79. The number of fused-ring (bicyclic) bond motifs is 1. The van der Waals surface area contributed by atoms with Crippen molar-refractivity contribution in [3.63, 3.8) is 0 Å². The van der Waals surface area contributed by atoms with Crippen LogP contribution < -0.4 is 0 Å². The first-order chi connectivity index (χ1) is 8.36. The number of aryl methyl sites for hydroxylation is 1. The predicted molar refractivity (Wildman–Crippen MR) is 59.2 cm³/mol. The molecular weight excluding hydrogens is 248 g/mol. The molecule has 0 radical (unpaired) electrons. The molecule has 0 amide bonds. The summed E-state index contributed by atoms with van der Waals surface area (Å²) in [5, 5.41) is 3.65. The number of nitrogens with zero attached hydrogens (tertiary/aromatic N) is 2. The van der Waals surface area contributed by atoms with Crippen LogP contribution in [-0.4, -0.2) is 16.0 Å². The fraction of sp³-hybridized carbons (Fsp3) is 0.750. The molecule has 6 heteroatoms. The first kappa shape index (κ1) is 13.4. The largest absolute Gasteiger partial charge is 0.435 e. The van der Waals surface area contributed by atoms with Crippen molar-refractivity contribution in [3.8, 4) is 0 Å². The standard InChI is InChI=1S/C12H16F4N2/c1-3-4-5-18-9-6-8(13)7(2)10(9)11(17-18)12(14,15)16/h7-8H,3-6H2,1-2H3/t7-,8-/m1/s1. The number of halogens is 4. The number of aromatic nitrogens is 2. The lowest BCUT2D eigenvalue weighted by Crippen LogP contribution is -2.15. The van der Waals surface area contributed by atoms with Gasteiger partial charge >= 0.3 is 6.18 Å². The summed E-state index contributed by atoms with van der Waals surface area (Å²) < 4.78 is 53.6. The van der Waals surface area contributed by atoms with E-state index in [0.717, 1.165) is 12.8 Å². The lowest BCUT2D eigenvalue weighted by atomic mass is 10.0. The lowest BCUT2D eigenvalue weighted by Gasteiger charge is -2.10. The van der Waals surface area contributed by atoms with Crippen LogP contribution in [0.5, 0.6) is 0 Å². The molecule has 0 unspecified atom stereocenters. The zero-order valence-corrected chi connectivity index (χ0v) is 10.4. The fourth-order valence-corrected chi connectivity index (χ4v) is 2.45. The SMILES string of the molecule is CCCCn1nc(C(F)(F)F)c2c1C[C@@H](F)[C@H]2C. The van der Waals surface area contributed by atoms with Gasteiger partial charge in [0.15, 0.2) is 5.69 Å². The molecule has 2 rings (SSSR count). The predicted octanol–water partition coefficient (Wildman–Crippen LogP) is 3.70. The maximum absolute atomic E-state index is 13.6. The lowest BCUT2D eigenvalue weighted by molar-refractivity contribution is -0.142. The molecule has 0 fully saturated rings. The van der Waals surface area contributed by atoms with Gasteiger partial charge in [-0.05, 0) is 6.42 Å². The molecule has 18 heavy (non-hydrogen) atoms. The van der Waals surface area contributed by atoms with Crippen LogP contribution >= 0.6 is 0 Å². The molecule has 0 spiro atoms. The molecule has 0 saturated carbocycles. The van der Waals surface area contributed by atoms with E-state index in [9.17, 15) is 17.6 Å². The highest BCUT2D eigenvalue weighted by Gasteiger charge is 2.45. The number of alkyl halides is 4. The van der Waals surface area contributed by atoms with Crippen molar-refractivity contribution in [3.05, 3.63) is 17.0 Å². The Labute approximate surface area is 103 Å². The maximum Gasteiger partial charge on any atom is 0.435 e. The third kappa shape index (κ3) is 2.12. The van der Waals surface area contributed by atoms with Crippen molar-refractivity contribution in [1.29, 1.82) is 0 Å². The highest BCUT2D eigenvalue weighted by atomic mass is 19.4. The van der Waals surface area contributed by atoms with E-state index in [4.69, 9.17) is 0 Å². The first-order valence-electron chi connectivity index (χ1n) is 6.17. The van der Waals surface area contributed by atoms with Gasteiger partial charge in [-0.15, -0.1) is 0 Å². The molecule has 0 aromatic carbocycles. The molecule has 2 atom stereocenters. The smallest absolute Gasteiger partial charge is 0.269 e. The van der Waals surface area contributed by atoms with E-state index in [1.165, 1.54) is 11.6 Å². The van der Waals surface area contributed by atoms with Crippen molar-refractivity contribution in [2.24, 2.45) is 0 Å². The second kappa shape index (κ2) is 4.55. The summed E-state index contributed by atoms with van der Waals surface area (Å²) >= 11 is 0. The van der Waals surface area contributed by atoms with E-state index < -0.39 is 24.0 Å². The topological polar surface area (TPSA) is 17.8 Å². The van der Waals surface area contributed by atoms with Gasteiger partial charge in [-0.25, -0.2) is 4.39 Å². The van der Waals surface area contributed by atoms with Gasteiger partial charge in [0.25, 0.3) is 0 Å². The average Bonchev–Trinajstić information content (AvgIpc) is 2.75. The zero-order valence-electron chi connectivity index (χ0n) is 10.4. The van der Waals surface area contributed by atoms with Crippen LogP contribution in [0.1, 0.15) is 49.6 Å². The monoisotopic (exact) mass is 264 g/mol. The molecule has 1 aliphatic carbocycles. The Morgan fingerprint density at radius 2 is 2.06 bits per heavy atom. The zero-order chi connectivity index (χ0) is 13.5. The molecule has 0 saturated heterocycles. The summed E-state index contributed by atoms with van der Waals surface area (Å²) in [5.41, 5.74) is -0.414. The van der Waals surface area contributed by atoms with E-state index in [0.29, 0.717) is 12.2 Å². The Kier molecular flexibility index (Phi) is 3.38. The molecule has 1 aromatic rings. The number of hydrogen-bond donors (Lipinski definition) is 0. The molecule has 102 valence electrons. The van der Waals surface area contributed by atoms with Gasteiger partial charge in [0.1, 0.15) is 6.17 Å². The third-order valence-electron chi connectivity index (χ3n) is 3.48. The van der Waals surface area contributed by atoms with Crippen LogP contribution in [-0.2, 0) is 19.1 Å². The summed E-state index contributed by atoms with van der Waals surface area (Å²) in [5.74, 6) is -0.716. The maximum atomic E-state index is 13.6. The minimum atomic E-state index is -4.50. The average molecular weight is 264 g/mol. The highest BCUT2D eigenvalue weighted by Crippen LogP contribution is 2.43. The molecular formula is C12H16F4N2. The second-order valence-corrected chi connectivity index (χ2v) is 4.79. The van der Waals surface area contributed by atoms with Crippen molar-refractivity contribution in [2.75, 3.05) is 0 Å². The Hall–Kier alpha value is -1.07. The van der Waals surface area contributed by atoms with E-state index >= 15 is 0 Å². The highest BCUT2D eigenvalue weighted by molar-refractivity contribution is 5.38. The van der Waals surface area contributed by atoms with Gasteiger partial charge in [-0.3, -0.25) is 4.68 Å². The minimum Gasteiger partial charge on any atom is -0.269 e. The Bertz CT molecular complexity index is 436. The van der Waals surface area contributed by atoms with Gasteiger partial charge in [-0.1, -0.05) is 20.3 Å². The summed E-state index contributed by atoms with van der Waals surface area (Å²) in [6, 6.07) is 0. The Morgan fingerprint density at radius 3 is 2.61 bits per heavy atom. The van der Waals surface area contributed by atoms with Gasteiger partial charge in [0.05, 0.1) is 0 Å². The van der Waals surface area contributed by atoms with E-state index in [2.05, 4.69) is 5.10 Å². The first-order valence-corrected chi connectivity index (χ1v) is 6.17. The van der Waals surface area contributed by atoms with Gasteiger partial charge in [0, 0.05) is 30.1 Å². The summed E-state index contributed by atoms with van der Waals surface area (Å²) in [4.78, 5) is 0. The third-order valence-corrected chi connectivity index (χ3v) is 3.48. The van der Waals surface area contributed by atoms with Gasteiger partial charge < -0.3 is 0 Å². The quantitative estimate of drug-likeness (QED) is 0.761. The molecule has 1 aliphatic rings. The fourth-order valence-electron chi connectivity index (χ4n) is 2.45. The van der Waals surface area contributed by atoms with Crippen LogP contribution in [0.2, 0.25) is 0 Å². The van der Waals surface area contributed by atoms with E-state index in [1.54, 1.807) is 0 Å². The summed E-state index contributed by atoms with van der Waals surface area (Å²) in [6.45, 7) is 3.88. The Morgan fingerprint density at radius 1 is 1.39 bits per heavy atom. The van der Waals surface area contributed by atoms with Crippen LogP contribution in [0.15, 0.2) is 0 Å². The molecule has 0 bridgehead atoms. The summed E-state index contributed by atoms with van der Waals surface area (Å²) in [7, 11) is 0. The van der Waals surface area contributed by atoms with Crippen molar-refractivity contribution in [2.45, 2.75) is 57.9 Å².